The van der Waals surface area contributed by atoms with Crippen LogP contribution < -0.4 is 4.90 Å². The lowest BCUT2D eigenvalue weighted by atomic mass is 10.3. The molecule has 0 aliphatic carbocycles. The molecular formula is C12H15N7OS. The molecule has 3 rings (SSSR count). The summed E-state index contributed by atoms with van der Waals surface area (Å²) in [4.78, 5) is 24.6. The fraction of sp³-hybridized carbons (Fsp3) is 0.417. The number of piperazine rings is 1. The van der Waals surface area contributed by atoms with Gasteiger partial charge in [-0.25, -0.2) is 9.97 Å². The Balaban J connectivity index is 1.48. The lowest BCUT2D eigenvalue weighted by Crippen LogP contribution is -2.49. The highest BCUT2D eigenvalue weighted by Gasteiger charge is 2.22. The van der Waals surface area contributed by atoms with Crippen LogP contribution in [0.3, 0.4) is 0 Å². The van der Waals surface area contributed by atoms with Crippen LogP contribution in [0.1, 0.15) is 0 Å². The predicted octanol–water partition coefficient (Wildman–Crippen LogP) is 0.0356. The second kappa shape index (κ2) is 6.53. The summed E-state index contributed by atoms with van der Waals surface area (Å²) in [5, 5.41) is 10.9. The molecule has 1 saturated heterocycles. The summed E-state index contributed by atoms with van der Waals surface area (Å²) in [6, 6.07) is 1.80. The number of hydrogen-bond donors (Lipinski definition) is 1. The molecule has 0 saturated carbocycles. The van der Waals surface area contributed by atoms with Gasteiger partial charge in [0.15, 0.2) is 0 Å². The smallest absolute Gasteiger partial charge is 0.233 e. The Morgan fingerprint density at radius 1 is 1.24 bits per heavy atom. The van der Waals surface area contributed by atoms with Gasteiger partial charge in [-0.3, -0.25) is 4.79 Å². The largest absolute Gasteiger partial charge is 0.338 e. The molecule has 8 nitrogen and oxygen atoms in total. The number of aromatic amines is 1. The van der Waals surface area contributed by atoms with Crippen LogP contribution in [0.15, 0.2) is 29.7 Å². The second-order valence-corrected chi connectivity index (χ2v) is 5.51. The Labute approximate surface area is 126 Å². The monoisotopic (exact) mass is 305 g/mol. The van der Waals surface area contributed by atoms with Crippen LogP contribution in [0.2, 0.25) is 0 Å². The van der Waals surface area contributed by atoms with Crippen LogP contribution in [-0.2, 0) is 4.79 Å². The van der Waals surface area contributed by atoms with E-state index < -0.39 is 0 Å². The van der Waals surface area contributed by atoms with Crippen molar-refractivity contribution in [1.29, 1.82) is 0 Å². The molecule has 0 unspecified atom stereocenters. The summed E-state index contributed by atoms with van der Waals surface area (Å²) in [5.74, 6) is 1.23. The van der Waals surface area contributed by atoms with Gasteiger partial charge in [0.05, 0.1) is 11.9 Å². The average Bonchev–Trinajstić information content (AvgIpc) is 3.07. The van der Waals surface area contributed by atoms with Gasteiger partial charge < -0.3 is 9.80 Å². The van der Waals surface area contributed by atoms with Gasteiger partial charge in [-0.05, 0) is 6.07 Å². The standard InChI is InChI=1S/C12H15N7OS/c20-11(9-21-10-8-15-17-16-10)18-4-6-19(7-5-18)12-13-2-1-3-14-12/h1-3,8H,4-7,9H2,(H,15,16,17). The van der Waals surface area contributed by atoms with E-state index in [1.54, 1.807) is 24.7 Å². The third-order valence-electron chi connectivity index (χ3n) is 3.20. The first-order valence-electron chi connectivity index (χ1n) is 6.61. The summed E-state index contributed by atoms with van der Waals surface area (Å²) in [7, 11) is 0. The molecule has 1 N–H and O–H groups in total. The predicted molar refractivity (Wildman–Crippen MR) is 77.9 cm³/mol. The van der Waals surface area contributed by atoms with Crippen LogP contribution >= 0.6 is 11.8 Å². The topological polar surface area (TPSA) is 90.9 Å². The Morgan fingerprint density at radius 2 is 2.00 bits per heavy atom. The van der Waals surface area contributed by atoms with Crippen molar-refractivity contribution in [3.05, 3.63) is 24.7 Å². The summed E-state index contributed by atoms with van der Waals surface area (Å²) >= 11 is 1.39. The Bertz CT molecular complexity index is 569. The lowest BCUT2D eigenvalue weighted by molar-refractivity contribution is -0.128. The van der Waals surface area contributed by atoms with Crippen molar-refractivity contribution in [2.75, 3.05) is 36.8 Å². The highest BCUT2D eigenvalue weighted by molar-refractivity contribution is 7.99. The molecule has 1 aliphatic rings. The molecule has 1 fully saturated rings. The highest BCUT2D eigenvalue weighted by Crippen LogP contribution is 2.15. The van der Waals surface area contributed by atoms with E-state index in [1.165, 1.54) is 11.8 Å². The molecule has 0 aromatic carbocycles. The fourth-order valence-electron chi connectivity index (χ4n) is 2.10. The summed E-state index contributed by atoms with van der Waals surface area (Å²) in [6.45, 7) is 2.89. The second-order valence-electron chi connectivity index (χ2n) is 4.51. The van der Waals surface area contributed by atoms with E-state index >= 15 is 0 Å². The van der Waals surface area contributed by atoms with Gasteiger partial charge in [0.25, 0.3) is 0 Å². The van der Waals surface area contributed by atoms with E-state index in [-0.39, 0.29) is 5.91 Å². The Morgan fingerprint density at radius 3 is 2.67 bits per heavy atom. The minimum absolute atomic E-state index is 0.122. The summed E-state index contributed by atoms with van der Waals surface area (Å²) < 4.78 is 0. The maximum Gasteiger partial charge on any atom is 0.233 e. The first-order chi connectivity index (χ1) is 10.3. The number of H-pyrrole nitrogens is 1. The number of anilines is 1. The van der Waals surface area contributed by atoms with Crippen molar-refractivity contribution >= 4 is 23.6 Å². The minimum atomic E-state index is 0.122. The first kappa shape index (κ1) is 13.8. The molecule has 0 spiro atoms. The molecule has 1 aliphatic heterocycles. The molecule has 0 radical (unpaired) electrons. The third kappa shape index (κ3) is 3.48. The number of aromatic nitrogens is 5. The molecule has 3 heterocycles. The fourth-order valence-corrected chi connectivity index (χ4v) is 2.78. The quantitative estimate of drug-likeness (QED) is 0.797. The lowest BCUT2D eigenvalue weighted by Gasteiger charge is -2.34. The highest BCUT2D eigenvalue weighted by atomic mass is 32.2. The van der Waals surface area contributed by atoms with E-state index in [0.717, 1.165) is 24.1 Å². The van der Waals surface area contributed by atoms with E-state index in [9.17, 15) is 4.79 Å². The van der Waals surface area contributed by atoms with Crippen molar-refractivity contribution in [3.63, 3.8) is 0 Å². The summed E-state index contributed by atoms with van der Waals surface area (Å²) in [6.07, 6.45) is 5.07. The Hall–Kier alpha value is -2.16. The van der Waals surface area contributed by atoms with E-state index in [4.69, 9.17) is 0 Å². The van der Waals surface area contributed by atoms with Crippen LogP contribution in [-0.4, -0.2) is 68.1 Å². The van der Waals surface area contributed by atoms with Crippen LogP contribution in [0.5, 0.6) is 0 Å². The van der Waals surface area contributed by atoms with Crippen LogP contribution in [0, 0.1) is 0 Å². The third-order valence-corrected chi connectivity index (χ3v) is 4.09. The molecule has 21 heavy (non-hydrogen) atoms. The zero-order valence-electron chi connectivity index (χ0n) is 11.3. The number of carbonyl (C=O) groups is 1. The maximum atomic E-state index is 12.1. The van der Waals surface area contributed by atoms with Crippen molar-refractivity contribution in [3.8, 4) is 0 Å². The number of hydrogen-bond acceptors (Lipinski definition) is 7. The van der Waals surface area contributed by atoms with Gasteiger partial charge in [-0.1, -0.05) is 11.8 Å². The zero-order valence-corrected chi connectivity index (χ0v) is 12.2. The molecular weight excluding hydrogens is 290 g/mol. The van der Waals surface area contributed by atoms with Gasteiger partial charge in [0.2, 0.25) is 11.9 Å². The van der Waals surface area contributed by atoms with Crippen molar-refractivity contribution in [1.82, 2.24) is 30.3 Å². The van der Waals surface area contributed by atoms with Crippen molar-refractivity contribution in [2.24, 2.45) is 0 Å². The number of nitrogens with one attached hydrogen (secondary N) is 1. The van der Waals surface area contributed by atoms with E-state index in [1.807, 2.05) is 4.90 Å². The van der Waals surface area contributed by atoms with Gasteiger partial charge in [-0.15, -0.1) is 5.10 Å². The van der Waals surface area contributed by atoms with E-state index in [0.29, 0.717) is 18.8 Å². The van der Waals surface area contributed by atoms with Crippen LogP contribution in [0.4, 0.5) is 5.95 Å². The van der Waals surface area contributed by atoms with Gasteiger partial charge >= 0.3 is 0 Å². The molecule has 110 valence electrons. The van der Waals surface area contributed by atoms with Gasteiger partial charge in [0.1, 0.15) is 5.03 Å². The number of carbonyl (C=O) groups excluding carboxylic acids is 1. The molecule has 2 aromatic heterocycles. The van der Waals surface area contributed by atoms with Crippen LogP contribution in [0.25, 0.3) is 0 Å². The Kier molecular flexibility index (Phi) is 4.29. The number of nitrogens with zero attached hydrogens (tertiary/aromatic N) is 6. The maximum absolute atomic E-state index is 12.1. The number of rotatable bonds is 4. The van der Waals surface area contributed by atoms with Crippen molar-refractivity contribution < 1.29 is 4.79 Å². The average molecular weight is 305 g/mol. The molecule has 2 aromatic rings. The van der Waals surface area contributed by atoms with Crippen molar-refractivity contribution in [2.45, 2.75) is 5.03 Å². The molecule has 0 bridgehead atoms. The normalized spacial score (nSPS) is 15.2. The SMILES string of the molecule is O=C(CSc1cn[nH]n1)N1CCN(c2ncccn2)CC1. The molecule has 9 heteroatoms. The zero-order chi connectivity index (χ0) is 14.5. The van der Waals surface area contributed by atoms with Gasteiger partial charge in [-0.2, -0.15) is 10.3 Å². The summed E-state index contributed by atoms with van der Waals surface area (Å²) in [5.41, 5.74) is 0. The van der Waals surface area contributed by atoms with E-state index in [2.05, 4.69) is 30.3 Å². The number of thioether (sulfide) groups is 1. The molecule has 1 amide bonds. The minimum Gasteiger partial charge on any atom is -0.338 e. The first-order valence-corrected chi connectivity index (χ1v) is 7.60. The number of amides is 1. The van der Waals surface area contributed by atoms with Gasteiger partial charge in [0, 0.05) is 38.6 Å². The molecule has 0 atom stereocenters.